The van der Waals surface area contributed by atoms with Gasteiger partial charge in [-0.3, -0.25) is 0 Å². The molecule has 1 heterocycles. The van der Waals surface area contributed by atoms with Crippen LogP contribution in [0.4, 0.5) is 5.82 Å². The highest BCUT2D eigenvalue weighted by molar-refractivity contribution is 5.49. The molecule has 0 aliphatic heterocycles. The fourth-order valence-electron chi connectivity index (χ4n) is 0.857. The molecule has 0 aliphatic rings. The van der Waals surface area contributed by atoms with E-state index in [0.29, 0.717) is 5.82 Å². The Morgan fingerprint density at radius 1 is 1.70 bits per heavy atom. The minimum Gasteiger partial charge on any atom is -0.335 e. The maximum atomic E-state index is 9.87. The molecule has 0 fully saturated rings. The SMILES string of the molecule is Cc1ccn(C)c1N=C=O. The first-order valence-corrected chi connectivity index (χ1v) is 2.95. The van der Waals surface area contributed by atoms with Crippen LogP contribution < -0.4 is 0 Å². The van der Waals surface area contributed by atoms with Crippen molar-refractivity contribution >= 4 is 11.9 Å². The van der Waals surface area contributed by atoms with Gasteiger partial charge in [0.1, 0.15) is 5.82 Å². The lowest BCUT2D eigenvalue weighted by Crippen LogP contribution is -1.82. The van der Waals surface area contributed by atoms with Crippen LogP contribution in [-0.2, 0) is 11.8 Å². The van der Waals surface area contributed by atoms with Gasteiger partial charge < -0.3 is 4.57 Å². The van der Waals surface area contributed by atoms with Gasteiger partial charge in [0, 0.05) is 13.2 Å². The van der Waals surface area contributed by atoms with Crippen molar-refractivity contribution in [1.82, 2.24) is 4.57 Å². The highest BCUT2D eigenvalue weighted by atomic mass is 16.1. The first-order chi connectivity index (χ1) is 4.75. The Kier molecular flexibility index (Phi) is 1.69. The average Bonchev–Trinajstić information content (AvgIpc) is 2.20. The van der Waals surface area contributed by atoms with Gasteiger partial charge in [0.25, 0.3) is 0 Å². The molecule has 0 saturated carbocycles. The Balaban J connectivity index is 3.22. The minimum absolute atomic E-state index is 0.676. The van der Waals surface area contributed by atoms with Gasteiger partial charge >= 0.3 is 0 Å². The first kappa shape index (κ1) is 6.78. The van der Waals surface area contributed by atoms with Crippen molar-refractivity contribution in [2.24, 2.45) is 12.0 Å². The number of isocyanates is 1. The number of rotatable bonds is 1. The van der Waals surface area contributed by atoms with Gasteiger partial charge in [-0.15, -0.1) is 4.99 Å². The summed E-state index contributed by atoms with van der Waals surface area (Å²) in [6.45, 7) is 1.90. The number of hydrogen-bond acceptors (Lipinski definition) is 2. The quantitative estimate of drug-likeness (QED) is 0.423. The fraction of sp³-hybridized carbons (Fsp3) is 0.286. The van der Waals surface area contributed by atoms with Crippen LogP contribution in [-0.4, -0.2) is 10.6 Å². The van der Waals surface area contributed by atoms with Gasteiger partial charge in [0.05, 0.1) is 0 Å². The van der Waals surface area contributed by atoms with E-state index in [1.807, 2.05) is 26.2 Å². The van der Waals surface area contributed by atoms with Crippen LogP contribution in [0.15, 0.2) is 17.3 Å². The summed E-state index contributed by atoms with van der Waals surface area (Å²) < 4.78 is 1.78. The summed E-state index contributed by atoms with van der Waals surface area (Å²) in [5.41, 5.74) is 0.992. The Labute approximate surface area is 59.0 Å². The van der Waals surface area contributed by atoms with Crippen molar-refractivity contribution < 1.29 is 4.79 Å². The van der Waals surface area contributed by atoms with Crippen LogP contribution >= 0.6 is 0 Å². The molecule has 0 bridgehead atoms. The summed E-state index contributed by atoms with van der Waals surface area (Å²) in [6, 6.07) is 1.90. The molecular weight excluding hydrogens is 128 g/mol. The number of aromatic nitrogens is 1. The number of carbonyl (C=O) groups excluding carboxylic acids is 1. The summed E-state index contributed by atoms with van der Waals surface area (Å²) in [4.78, 5) is 13.4. The van der Waals surface area contributed by atoms with Crippen molar-refractivity contribution in [2.45, 2.75) is 6.92 Å². The average molecular weight is 136 g/mol. The minimum atomic E-state index is 0.676. The molecule has 10 heavy (non-hydrogen) atoms. The monoisotopic (exact) mass is 136 g/mol. The largest absolute Gasteiger partial charge is 0.335 e. The third-order valence-electron chi connectivity index (χ3n) is 1.39. The number of aliphatic imine (C=N–C) groups is 1. The van der Waals surface area contributed by atoms with Crippen LogP contribution in [0.3, 0.4) is 0 Å². The first-order valence-electron chi connectivity index (χ1n) is 2.95. The second kappa shape index (κ2) is 2.50. The molecule has 0 aromatic carbocycles. The molecule has 0 aliphatic carbocycles. The topological polar surface area (TPSA) is 34.4 Å². The zero-order valence-corrected chi connectivity index (χ0v) is 5.96. The van der Waals surface area contributed by atoms with Crippen molar-refractivity contribution in [3.05, 3.63) is 17.8 Å². The van der Waals surface area contributed by atoms with Gasteiger partial charge in [0.2, 0.25) is 6.08 Å². The van der Waals surface area contributed by atoms with E-state index in [9.17, 15) is 4.79 Å². The lowest BCUT2D eigenvalue weighted by atomic mass is 10.4. The maximum Gasteiger partial charge on any atom is 0.242 e. The van der Waals surface area contributed by atoms with E-state index < -0.39 is 0 Å². The zero-order chi connectivity index (χ0) is 7.56. The van der Waals surface area contributed by atoms with Crippen molar-refractivity contribution in [3.8, 4) is 0 Å². The van der Waals surface area contributed by atoms with Crippen molar-refractivity contribution in [3.63, 3.8) is 0 Å². The van der Waals surface area contributed by atoms with E-state index >= 15 is 0 Å². The Hall–Kier alpha value is -1.34. The molecule has 0 unspecified atom stereocenters. The van der Waals surface area contributed by atoms with Gasteiger partial charge in [-0.25, -0.2) is 4.79 Å². The smallest absolute Gasteiger partial charge is 0.242 e. The molecule has 1 aromatic rings. The third-order valence-corrected chi connectivity index (χ3v) is 1.39. The molecule has 1 aromatic heterocycles. The lowest BCUT2D eigenvalue weighted by Gasteiger charge is -1.92. The van der Waals surface area contributed by atoms with E-state index in [1.165, 1.54) is 6.08 Å². The number of nitrogens with zero attached hydrogens (tertiary/aromatic N) is 2. The van der Waals surface area contributed by atoms with Gasteiger partial charge in [-0.2, -0.15) is 0 Å². The molecule has 3 heteroatoms. The molecule has 52 valence electrons. The summed E-state index contributed by atoms with van der Waals surface area (Å²) >= 11 is 0. The number of aryl methyl sites for hydroxylation is 2. The van der Waals surface area contributed by atoms with Crippen LogP contribution in [0.2, 0.25) is 0 Å². The van der Waals surface area contributed by atoms with Crippen LogP contribution in [0, 0.1) is 6.92 Å². The van der Waals surface area contributed by atoms with E-state index in [4.69, 9.17) is 0 Å². The Morgan fingerprint density at radius 3 is 2.80 bits per heavy atom. The summed E-state index contributed by atoms with van der Waals surface area (Å²) in [5, 5.41) is 0. The molecule has 0 atom stereocenters. The molecular formula is C7H8N2O. The van der Waals surface area contributed by atoms with Gasteiger partial charge in [-0.05, 0) is 18.6 Å². The lowest BCUT2D eigenvalue weighted by molar-refractivity contribution is 0.565. The highest BCUT2D eigenvalue weighted by Gasteiger charge is 1.98. The summed E-state index contributed by atoms with van der Waals surface area (Å²) in [5.74, 6) is 0.676. The van der Waals surface area contributed by atoms with Crippen LogP contribution in [0.1, 0.15) is 5.56 Å². The molecule has 1 rings (SSSR count). The Morgan fingerprint density at radius 2 is 2.40 bits per heavy atom. The van der Waals surface area contributed by atoms with Crippen LogP contribution in [0.5, 0.6) is 0 Å². The molecule has 3 nitrogen and oxygen atoms in total. The highest BCUT2D eigenvalue weighted by Crippen LogP contribution is 2.16. The van der Waals surface area contributed by atoms with E-state index in [1.54, 1.807) is 4.57 Å². The summed E-state index contributed by atoms with van der Waals surface area (Å²) in [7, 11) is 1.84. The Bertz CT molecular complexity index is 262. The zero-order valence-electron chi connectivity index (χ0n) is 5.96. The molecule has 0 saturated heterocycles. The number of hydrogen-bond donors (Lipinski definition) is 0. The van der Waals surface area contributed by atoms with Gasteiger partial charge in [-0.1, -0.05) is 0 Å². The molecule has 0 amide bonds. The predicted octanol–water partition coefficient (Wildman–Crippen LogP) is 1.30. The maximum absolute atomic E-state index is 9.87. The van der Waals surface area contributed by atoms with Crippen LogP contribution in [0.25, 0.3) is 0 Å². The predicted molar refractivity (Wildman–Crippen MR) is 37.9 cm³/mol. The summed E-state index contributed by atoms with van der Waals surface area (Å²) in [6.07, 6.45) is 3.36. The van der Waals surface area contributed by atoms with Gasteiger partial charge in [0.15, 0.2) is 0 Å². The third kappa shape index (κ3) is 0.993. The molecule has 0 N–H and O–H groups in total. The van der Waals surface area contributed by atoms with E-state index in [2.05, 4.69) is 4.99 Å². The molecule has 0 radical (unpaired) electrons. The van der Waals surface area contributed by atoms with E-state index in [-0.39, 0.29) is 0 Å². The molecule has 0 spiro atoms. The fourth-order valence-corrected chi connectivity index (χ4v) is 0.857. The standard InChI is InChI=1S/C7H8N2O/c1-6-3-4-9(2)7(6)8-5-10/h3-4H,1-2H3. The van der Waals surface area contributed by atoms with Crippen molar-refractivity contribution in [2.75, 3.05) is 0 Å². The second-order valence-corrected chi connectivity index (χ2v) is 2.14. The normalized spacial score (nSPS) is 9.00. The van der Waals surface area contributed by atoms with Crippen molar-refractivity contribution in [1.29, 1.82) is 0 Å². The second-order valence-electron chi connectivity index (χ2n) is 2.14. The van der Waals surface area contributed by atoms with E-state index in [0.717, 1.165) is 5.56 Å².